The van der Waals surface area contributed by atoms with Crippen molar-refractivity contribution in [3.63, 3.8) is 0 Å². The molecule has 0 unspecified atom stereocenters. The Hall–Kier alpha value is -5.55. The molecule has 0 spiro atoms. The molecule has 0 atom stereocenters. The Kier molecular flexibility index (Phi) is 7.31. The zero-order valence-corrected chi connectivity index (χ0v) is 23.8. The molecule has 0 aliphatic carbocycles. The molecule has 6 rings (SSSR count). The molecule has 0 aliphatic rings. The number of aldehydes is 1. The van der Waals surface area contributed by atoms with E-state index in [4.69, 9.17) is 5.10 Å². The molecule has 3 heterocycles. The lowest BCUT2D eigenvalue weighted by Crippen LogP contribution is -2.19. The van der Waals surface area contributed by atoms with Crippen LogP contribution in [0.25, 0.3) is 33.4 Å². The van der Waals surface area contributed by atoms with Gasteiger partial charge in [0.05, 0.1) is 10.6 Å². The van der Waals surface area contributed by atoms with Gasteiger partial charge >= 0.3 is 6.03 Å². The van der Waals surface area contributed by atoms with Crippen LogP contribution in [0.1, 0.15) is 17.4 Å². The van der Waals surface area contributed by atoms with Gasteiger partial charge in [0.25, 0.3) is 10.0 Å². The number of urea groups is 1. The minimum atomic E-state index is -4.10. The smallest absolute Gasteiger partial charge is 0.308 e. The second-order valence-electron chi connectivity index (χ2n) is 9.63. The summed E-state index contributed by atoms with van der Waals surface area (Å²) in [5.74, 6) is 0. The van der Waals surface area contributed by atoms with Crippen molar-refractivity contribution in [1.82, 2.24) is 18.7 Å². The van der Waals surface area contributed by atoms with E-state index in [1.165, 1.54) is 24.4 Å². The lowest BCUT2D eigenvalue weighted by Gasteiger charge is -2.10. The third-order valence-electron chi connectivity index (χ3n) is 6.91. The largest absolute Gasteiger partial charge is 0.323 e. The quantitative estimate of drug-likeness (QED) is 0.201. The van der Waals surface area contributed by atoms with Gasteiger partial charge in [0, 0.05) is 46.8 Å². The molecule has 3 aromatic carbocycles. The van der Waals surface area contributed by atoms with Crippen molar-refractivity contribution in [2.75, 3.05) is 10.6 Å². The fourth-order valence-corrected chi connectivity index (χ4v) is 6.34. The average Bonchev–Trinajstić information content (AvgIpc) is 3.64. The number of pyridine rings is 1. The maximum atomic E-state index is 13.6. The first kappa shape index (κ1) is 27.6. The highest BCUT2D eigenvalue weighted by Gasteiger charge is 2.26. The van der Waals surface area contributed by atoms with Gasteiger partial charge in [-0.2, -0.15) is 5.10 Å². The van der Waals surface area contributed by atoms with Gasteiger partial charge < -0.3 is 10.6 Å². The van der Waals surface area contributed by atoms with Crippen LogP contribution in [-0.4, -0.2) is 39.5 Å². The Morgan fingerprint density at radius 1 is 0.860 bits per heavy atom. The first-order valence-electron chi connectivity index (χ1n) is 13.5. The second-order valence-corrected chi connectivity index (χ2v) is 11.4. The van der Waals surface area contributed by atoms with E-state index in [0.29, 0.717) is 40.8 Å². The van der Waals surface area contributed by atoms with Crippen LogP contribution in [0.3, 0.4) is 0 Å². The number of para-hydroxylation sites is 1. The number of aromatic nitrogens is 4. The summed E-state index contributed by atoms with van der Waals surface area (Å²) in [5, 5.41) is 10.9. The number of anilines is 2. The van der Waals surface area contributed by atoms with E-state index in [-0.39, 0.29) is 22.3 Å². The van der Waals surface area contributed by atoms with Crippen molar-refractivity contribution >= 4 is 44.7 Å². The molecular formula is C32H26N6O4S. The number of amides is 2. The van der Waals surface area contributed by atoms with E-state index < -0.39 is 10.0 Å². The number of carbonyl (C=O) groups is 2. The van der Waals surface area contributed by atoms with Crippen LogP contribution in [-0.2, 0) is 16.6 Å². The highest BCUT2D eigenvalue weighted by molar-refractivity contribution is 7.90. The summed E-state index contributed by atoms with van der Waals surface area (Å²) >= 11 is 0. The van der Waals surface area contributed by atoms with Gasteiger partial charge in [-0.1, -0.05) is 48.5 Å². The second kappa shape index (κ2) is 11.4. The highest BCUT2D eigenvalue weighted by Crippen LogP contribution is 2.37. The van der Waals surface area contributed by atoms with Crippen molar-refractivity contribution in [1.29, 1.82) is 0 Å². The van der Waals surface area contributed by atoms with Crippen LogP contribution >= 0.6 is 0 Å². The maximum Gasteiger partial charge on any atom is 0.323 e. The van der Waals surface area contributed by atoms with Gasteiger partial charge in [0.2, 0.25) is 0 Å². The van der Waals surface area contributed by atoms with Gasteiger partial charge in [-0.3, -0.25) is 9.48 Å². The predicted molar refractivity (Wildman–Crippen MR) is 166 cm³/mol. The molecule has 2 N–H and O–H groups in total. The van der Waals surface area contributed by atoms with Crippen molar-refractivity contribution in [2.24, 2.45) is 0 Å². The molecule has 3 aromatic heterocycles. The van der Waals surface area contributed by atoms with Crippen LogP contribution in [0.2, 0.25) is 0 Å². The fourth-order valence-electron chi connectivity index (χ4n) is 4.88. The molecule has 0 fully saturated rings. The Bertz CT molecular complexity index is 2050. The highest BCUT2D eigenvalue weighted by atomic mass is 32.2. The summed E-state index contributed by atoms with van der Waals surface area (Å²) in [6.07, 6.45) is 3.92. The third kappa shape index (κ3) is 5.29. The van der Waals surface area contributed by atoms with E-state index >= 15 is 0 Å². The summed E-state index contributed by atoms with van der Waals surface area (Å²) in [6, 6.07) is 27.3. The predicted octanol–water partition coefficient (Wildman–Crippen LogP) is 6.28. The molecule has 2 amide bonds. The Labute approximate surface area is 247 Å². The third-order valence-corrected chi connectivity index (χ3v) is 8.65. The lowest BCUT2D eigenvalue weighted by molar-refractivity contribution is 0.111. The van der Waals surface area contributed by atoms with E-state index in [1.807, 2.05) is 43.5 Å². The van der Waals surface area contributed by atoms with Gasteiger partial charge in [0.1, 0.15) is 5.69 Å². The topological polar surface area (TPSA) is 128 Å². The number of nitrogens with one attached hydrogen (secondary N) is 2. The lowest BCUT2D eigenvalue weighted by atomic mass is 10.00. The van der Waals surface area contributed by atoms with Gasteiger partial charge in [0.15, 0.2) is 11.9 Å². The molecule has 6 aromatic rings. The van der Waals surface area contributed by atoms with E-state index in [2.05, 4.69) is 15.6 Å². The van der Waals surface area contributed by atoms with Gasteiger partial charge in [-0.15, -0.1) is 0 Å². The van der Waals surface area contributed by atoms with E-state index in [1.54, 1.807) is 53.2 Å². The molecule has 0 aliphatic heterocycles. The summed E-state index contributed by atoms with van der Waals surface area (Å²) < 4.78 is 30.0. The van der Waals surface area contributed by atoms with Crippen molar-refractivity contribution in [3.05, 3.63) is 115 Å². The number of carbonyl (C=O) groups excluding carboxylic acids is 2. The van der Waals surface area contributed by atoms with E-state index in [9.17, 15) is 18.0 Å². The number of nitrogens with zero attached hydrogens (tertiary/aromatic N) is 4. The van der Waals surface area contributed by atoms with Crippen LogP contribution in [0, 0.1) is 0 Å². The molecule has 214 valence electrons. The number of hydrogen-bond acceptors (Lipinski definition) is 6. The van der Waals surface area contributed by atoms with Crippen LogP contribution in [0.15, 0.2) is 114 Å². The minimum absolute atomic E-state index is 0.0348. The summed E-state index contributed by atoms with van der Waals surface area (Å²) in [4.78, 5) is 29.0. The Morgan fingerprint density at radius 2 is 1.51 bits per heavy atom. The van der Waals surface area contributed by atoms with Crippen molar-refractivity contribution in [3.8, 4) is 22.4 Å². The number of fused-ring (bicyclic) bond motifs is 1. The number of rotatable bonds is 8. The van der Waals surface area contributed by atoms with E-state index in [0.717, 1.165) is 15.1 Å². The summed E-state index contributed by atoms with van der Waals surface area (Å²) in [6.45, 7) is 2.57. The first-order valence-corrected chi connectivity index (χ1v) is 14.9. The molecule has 0 saturated carbocycles. The molecule has 43 heavy (non-hydrogen) atoms. The molecule has 0 saturated heterocycles. The van der Waals surface area contributed by atoms with Gasteiger partial charge in [-0.05, 0) is 61.0 Å². The summed E-state index contributed by atoms with van der Waals surface area (Å²) in [5.41, 5.74) is 4.24. The molecular weight excluding hydrogens is 564 g/mol. The average molecular weight is 591 g/mol. The standard InChI is InChI=1S/C32H26N6O4S/c1-2-37-20-29(30(36-37)22-13-15-24(16-14-22)35-32(40)34-23-9-5-3-6-10-23)27-17-18-33-31-28(27)19-25(21-39)38(31)43(41,42)26-11-7-4-8-12-26/h3-21H,2H2,1H3,(H2,34,35,40). The first-order chi connectivity index (χ1) is 20.9. The fraction of sp³-hybridized carbons (Fsp3) is 0.0625. The minimum Gasteiger partial charge on any atom is -0.308 e. The summed E-state index contributed by atoms with van der Waals surface area (Å²) in [7, 11) is -4.10. The van der Waals surface area contributed by atoms with Crippen LogP contribution in [0.4, 0.5) is 16.2 Å². The Morgan fingerprint density at radius 3 is 2.16 bits per heavy atom. The monoisotopic (exact) mass is 590 g/mol. The maximum absolute atomic E-state index is 13.6. The van der Waals surface area contributed by atoms with Crippen molar-refractivity contribution < 1.29 is 18.0 Å². The SMILES string of the molecule is CCn1cc(-c2ccnc3c2cc(C=O)n3S(=O)(=O)c2ccccc2)c(-c2ccc(NC(=O)Nc3ccccc3)cc2)n1. The molecule has 0 bridgehead atoms. The zero-order chi connectivity index (χ0) is 30.0. The number of benzene rings is 3. The Balaban J connectivity index is 1.39. The van der Waals surface area contributed by atoms with Gasteiger partial charge in [-0.25, -0.2) is 22.2 Å². The van der Waals surface area contributed by atoms with Crippen LogP contribution < -0.4 is 10.6 Å². The molecule has 11 heteroatoms. The molecule has 0 radical (unpaired) electrons. The zero-order valence-electron chi connectivity index (χ0n) is 23.0. The van der Waals surface area contributed by atoms with Crippen molar-refractivity contribution in [2.45, 2.75) is 18.4 Å². The number of aryl methyl sites for hydroxylation is 1. The van der Waals surface area contributed by atoms with Crippen LogP contribution in [0.5, 0.6) is 0 Å². The normalized spacial score (nSPS) is 11.4. The molecule has 10 nitrogen and oxygen atoms in total. The number of hydrogen-bond donors (Lipinski definition) is 2.